The van der Waals surface area contributed by atoms with Crippen molar-refractivity contribution < 1.29 is 13.2 Å². The second kappa shape index (κ2) is 8.18. The fraction of sp³-hybridized carbons (Fsp3) is 0.263. The molecular weight excluding hydrogens is 453 g/mol. The first kappa shape index (κ1) is 20.5. The number of nitrogens with zero attached hydrogens (tertiary/aromatic N) is 1. The lowest BCUT2D eigenvalue weighted by atomic mass is 10.1. The number of carbonyl (C=O) groups is 1. The average Bonchev–Trinajstić information content (AvgIpc) is 3.15. The number of rotatable bonds is 4. The van der Waals surface area contributed by atoms with Crippen molar-refractivity contribution in [1.82, 2.24) is 5.32 Å². The second-order valence-corrected chi connectivity index (χ2v) is 11.1. The molecule has 2 N–H and O–H groups in total. The number of anilines is 1. The molecule has 6 nitrogen and oxygen atoms in total. The van der Waals surface area contributed by atoms with E-state index < -0.39 is 9.84 Å². The summed E-state index contributed by atoms with van der Waals surface area (Å²) < 4.78 is 23.4. The van der Waals surface area contributed by atoms with Crippen molar-refractivity contribution in [2.45, 2.75) is 17.8 Å². The Bertz CT molecular complexity index is 1090. The number of hydrogen-bond acceptors (Lipinski definition) is 6. The van der Waals surface area contributed by atoms with Crippen LogP contribution in [-0.2, 0) is 16.4 Å². The molecular formula is C19H17Cl2N3O3S2. The zero-order valence-electron chi connectivity index (χ0n) is 15.1. The molecule has 1 amide bonds. The molecule has 0 unspecified atom stereocenters. The van der Waals surface area contributed by atoms with Gasteiger partial charge in [-0.3, -0.25) is 9.79 Å². The van der Waals surface area contributed by atoms with Gasteiger partial charge in [0.05, 0.1) is 28.3 Å². The Hall–Kier alpha value is -1.74. The van der Waals surface area contributed by atoms with Crippen LogP contribution in [0.5, 0.6) is 0 Å². The van der Waals surface area contributed by atoms with Crippen LogP contribution >= 0.6 is 35.0 Å². The van der Waals surface area contributed by atoms with Gasteiger partial charge in [-0.2, -0.15) is 0 Å². The minimum absolute atomic E-state index is 0.0628. The topological polar surface area (TPSA) is 87.6 Å². The molecule has 0 radical (unpaired) electrons. The van der Waals surface area contributed by atoms with Crippen LogP contribution in [0.3, 0.4) is 0 Å². The van der Waals surface area contributed by atoms with Gasteiger partial charge in [0, 0.05) is 22.4 Å². The molecule has 2 aliphatic heterocycles. The highest BCUT2D eigenvalue weighted by Gasteiger charge is 2.42. The van der Waals surface area contributed by atoms with E-state index in [4.69, 9.17) is 23.2 Å². The van der Waals surface area contributed by atoms with Crippen molar-refractivity contribution in [2.75, 3.05) is 16.8 Å². The van der Waals surface area contributed by atoms with Gasteiger partial charge >= 0.3 is 0 Å². The van der Waals surface area contributed by atoms with E-state index in [1.54, 1.807) is 30.3 Å². The van der Waals surface area contributed by atoms with Crippen LogP contribution in [-0.4, -0.2) is 42.3 Å². The number of sulfone groups is 1. The fourth-order valence-electron chi connectivity index (χ4n) is 3.18. The van der Waals surface area contributed by atoms with Crippen molar-refractivity contribution in [3.8, 4) is 0 Å². The van der Waals surface area contributed by atoms with Crippen molar-refractivity contribution in [3.05, 3.63) is 63.6 Å². The van der Waals surface area contributed by atoms with Crippen molar-refractivity contribution in [2.24, 2.45) is 4.99 Å². The number of amides is 1. The molecule has 2 aliphatic rings. The summed E-state index contributed by atoms with van der Waals surface area (Å²) in [4.78, 5) is 17.0. The number of nitrogens with one attached hydrogen (secondary N) is 2. The van der Waals surface area contributed by atoms with E-state index in [0.29, 0.717) is 33.0 Å². The summed E-state index contributed by atoms with van der Waals surface area (Å²) in [5, 5.41) is 7.64. The molecule has 0 aliphatic carbocycles. The van der Waals surface area contributed by atoms with Crippen LogP contribution in [0.2, 0.25) is 10.0 Å². The maximum absolute atomic E-state index is 12.5. The van der Waals surface area contributed by atoms with Gasteiger partial charge in [-0.05, 0) is 35.9 Å². The number of aliphatic imine (C=N–C) groups is 1. The molecule has 2 aromatic rings. The Kier molecular flexibility index (Phi) is 5.79. The van der Waals surface area contributed by atoms with Gasteiger partial charge in [0.2, 0.25) is 0 Å². The summed E-state index contributed by atoms with van der Waals surface area (Å²) in [5.74, 6) is -0.0159. The van der Waals surface area contributed by atoms with Crippen molar-refractivity contribution in [1.29, 1.82) is 0 Å². The molecule has 2 aromatic carbocycles. The molecule has 4 rings (SSSR count). The molecule has 29 heavy (non-hydrogen) atoms. The molecule has 0 bridgehead atoms. The number of thioether (sulfide) groups is 1. The molecule has 0 spiro atoms. The molecule has 0 aromatic heterocycles. The number of halogens is 2. The summed E-state index contributed by atoms with van der Waals surface area (Å²) in [6.45, 7) is 0.377. The summed E-state index contributed by atoms with van der Waals surface area (Å²) >= 11 is 13.5. The van der Waals surface area contributed by atoms with E-state index in [-0.39, 0.29) is 28.7 Å². The number of benzene rings is 2. The van der Waals surface area contributed by atoms with Crippen molar-refractivity contribution in [3.63, 3.8) is 0 Å². The van der Waals surface area contributed by atoms with Crippen LogP contribution in [0.1, 0.15) is 15.9 Å². The lowest BCUT2D eigenvalue weighted by molar-refractivity contribution is 0.0951. The van der Waals surface area contributed by atoms with E-state index in [0.717, 1.165) is 5.56 Å². The molecule has 152 valence electrons. The van der Waals surface area contributed by atoms with Gasteiger partial charge in [-0.25, -0.2) is 8.42 Å². The normalized spacial score (nSPS) is 22.1. The SMILES string of the molecule is O=C(NCc1ccc(Cl)cc1)c1ccc(Cl)c(NC2=N[C@H]3CS(=O)(=O)C[C@@H]3S2)c1. The summed E-state index contributed by atoms with van der Waals surface area (Å²) in [6.07, 6.45) is 0. The molecule has 1 fully saturated rings. The minimum Gasteiger partial charge on any atom is -0.348 e. The van der Waals surface area contributed by atoms with Crippen molar-refractivity contribution >= 4 is 61.6 Å². The quantitative estimate of drug-likeness (QED) is 0.713. The largest absolute Gasteiger partial charge is 0.348 e. The van der Waals surface area contributed by atoms with Crippen LogP contribution in [0.15, 0.2) is 47.5 Å². The molecule has 10 heteroatoms. The lowest BCUT2D eigenvalue weighted by Gasteiger charge is -2.11. The minimum atomic E-state index is -3.00. The average molecular weight is 470 g/mol. The molecule has 0 saturated carbocycles. The third-order valence-electron chi connectivity index (χ3n) is 4.65. The maximum Gasteiger partial charge on any atom is 0.251 e. The number of hydrogen-bond donors (Lipinski definition) is 2. The Morgan fingerprint density at radius 1 is 1.14 bits per heavy atom. The number of amidine groups is 1. The Morgan fingerprint density at radius 2 is 1.90 bits per heavy atom. The van der Waals surface area contributed by atoms with E-state index in [9.17, 15) is 13.2 Å². The monoisotopic (exact) mass is 469 g/mol. The molecule has 1 saturated heterocycles. The molecule has 2 heterocycles. The summed E-state index contributed by atoms with van der Waals surface area (Å²) in [6, 6.07) is 12.0. The zero-order chi connectivity index (χ0) is 20.6. The van der Waals surface area contributed by atoms with Gasteiger partial charge in [-0.15, -0.1) is 0 Å². The summed E-state index contributed by atoms with van der Waals surface area (Å²) in [7, 11) is -3.00. The number of carbonyl (C=O) groups excluding carboxylic acids is 1. The first-order chi connectivity index (χ1) is 13.8. The lowest BCUT2D eigenvalue weighted by Crippen LogP contribution is -2.23. The third-order valence-corrected chi connectivity index (χ3v) is 8.38. The first-order valence-electron chi connectivity index (χ1n) is 8.83. The maximum atomic E-state index is 12.5. The van der Waals surface area contributed by atoms with Crippen LogP contribution in [0.25, 0.3) is 0 Å². The van der Waals surface area contributed by atoms with Crippen LogP contribution in [0, 0.1) is 0 Å². The van der Waals surface area contributed by atoms with Gasteiger partial charge in [-0.1, -0.05) is 47.1 Å². The fourth-order valence-corrected chi connectivity index (χ4v) is 7.14. The van der Waals surface area contributed by atoms with E-state index in [1.807, 2.05) is 12.1 Å². The predicted octanol–water partition coefficient (Wildman–Crippen LogP) is 3.60. The van der Waals surface area contributed by atoms with E-state index in [1.165, 1.54) is 11.8 Å². The standard InChI is InChI=1S/C19H17Cl2N3O3S2/c20-13-4-1-11(2-5-13)8-22-18(25)12-3-6-14(21)15(7-12)23-19-24-16-9-29(26,27)10-17(16)28-19/h1-7,16-17H,8-10H2,(H,22,25)(H,23,24)/t16-,17-/m0/s1. The first-order valence-corrected chi connectivity index (χ1v) is 12.3. The zero-order valence-corrected chi connectivity index (χ0v) is 18.2. The Labute approximate surface area is 183 Å². The predicted molar refractivity (Wildman–Crippen MR) is 119 cm³/mol. The van der Waals surface area contributed by atoms with Gasteiger partial charge in [0.15, 0.2) is 15.0 Å². The highest BCUT2D eigenvalue weighted by atomic mass is 35.5. The van der Waals surface area contributed by atoms with Gasteiger partial charge in [0.1, 0.15) is 0 Å². The van der Waals surface area contributed by atoms with E-state index in [2.05, 4.69) is 15.6 Å². The highest BCUT2D eigenvalue weighted by Crippen LogP contribution is 2.35. The second-order valence-electron chi connectivity index (χ2n) is 6.86. The number of fused-ring (bicyclic) bond motifs is 1. The Morgan fingerprint density at radius 3 is 2.62 bits per heavy atom. The van der Waals surface area contributed by atoms with Crippen LogP contribution in [0.4, 0.5) is 5.69 Å². The van der Waals surface area contributed by atoms with Gasteiger partial charge in [0.25, 0.3) is 5.91 Å². The van der Waals surface area contributed by atoms with Crippen LogP contribution < -0.4 is 10.6 Å². The molecule has 2 atom stereocenters. The Balaban J connectivity index is 1.42. The highest BCUT2D eigenvalue weighted by molar-refractivity contribution is 8.15. The smallest absolute Gasteiger partial charge is 0.251 e. The third kappa shape index (κ3) is 4.88. The van der Waals surface area contributed by atoms with Gasteiger partial charge < -0.3 is 10.6 Å². The summed E-state index contributed by atoms with van der Waals surface area (Å²) in [5.41, 5.74) is 1.95. The van der Waals surface area contributed by atoms with E-state index >= 15 is 0 Å².